The Bertz CT molecular complexity index is 521. The summed E-state index contributed by atoms with van der Waals surface area (Å²) in [6, 6.07) is 0.361. The largest absolute Gasteiger partial charge is 0.406 e. The maximum atomic E-state index is 5.46. The average Bonchev–Trinajstić information content (AvgIpc) is 2.93. The minimum atomic E-state index is 0.361. The van der Waals surface area contributed by atoms with Gasteiger partial charge in [-0.3, -0.25) is 4.68 Å². The minimum Gasteiger partial charge on any atom is -0.406 e. The zero-order valence-electron chi connectivity index (χ0n) is 11.3. The fraction of sp³-hybridized carbons (Fsp3) is 0.545. The third-order valence-corrected chi connectivity index (χ3v) is 2.48. The highest BCUT2D eigenvalue weighted by atomic mass is 16.5. The van der Waals surface area contributed by atoms with Crippen molar-refractivity contribution in [2.24, 2.45) is 7.05 Å². The number of nitrogens with zero attached hydrogens (tertiary/aromatic N) is 4. The van der Waals surface area contributed by atoms with Crippen molar-refractivity contribution >= 4 is 11.7 Å². The second-order valence-corrected chi connectivity index (χ2v) is 4.10. The smallest absolute Gasteiger partial charge is 0.320 e. The third-order valence-electron chi connectivity index (χ3n) is 2.48. The highest BCUT2D eigenvalue weighted by molar-refractivity contribution is 5.53. The molecule has 0 unspecified atom stereocenters. The highest BCUT2D eigenvalue weighted by Gasteiger charge is 2.09. The lowest BCUT2D eigenvalue weighted by atomic mass is 10.4. The van der Waals surface area contributed by atoms with E-state index in [1.165, 1.54) is 0 Å². The van der Waals surface area contributed by atoms with Crippen LogP contribution in [0.2, 0.25) is 0 Å². The normalized spacial score (nSPS) is 10.9. The van der Waals surface area contributed by atoms with Crippen molar-refractivity contribution in [2.75, 3.05) is 25.6 Å². The molecule has 2 rings (SSSR count). The first-order chi connectivity index (χ1) is 9.19. The van der Waals surface area contributed by atoms with Crippen LogP contribution in [0.3, 0.4) is 0 Å². The molecule has 0 bridgehead atoms. The monoisotopic (exact) mass is 266 g/mol. The Labute approximate surface area is 111 Å². The van der Waals surface area contributed by atoms with Crippen molar-refractivity contribution in [1.29, 1.82) is 0 Å². The van der Waals surface area contributed by atoms with Crippen LogP contribution in [0.5, 0.6) is 0 Å². The SMILES string of the molecule is COCCNCc1nnc(Nc2cn(C)nc2C)o1. The molecule has 2 aromatic heterocycles. The first-order valence-electron chi connectivity index (χ1n) is 5.98. The Kier molecular flexibility index (Phi) is 4.48. The van der Waals surface area contributed by atoms with E-state index in [0.29, 0.717) is 25.1 Å². The van der Waals surface area contributed by atoms with E-state index >= 15 is 0 Å². The molecule has 2 heterocycles. The average molecular weight is 266 g/mol. The van der Waals surface area contributed by atoms with Gasteiger partial charge in [0, 0.05) is 26.9 Å². The number of aryl methyl sites for hydroxylation is 2. The molecule has 0 aromatic carbocycles. The van der Waals surface area contributed by atoms with Gasteiger partial charge in [-0.05, 0) is 6.92 Å². The molecule has 8 heteroatoms. The summed E-state index contributed by atoms with van der Waals surface area (Å²) < 4.78 is 12.1. The van der Waals surface area contributed by atoms with Crippen molar-refractivity contribution in [3.8, 4) is 0 Å². The summed E-state index contributed by atoms with van der Waals surface area (Å²) in [4.78, 5) is 0. The summed E-state index contributed by atoms with van der Waals surface area (Å²) in [5, 5.41) is 18.3. The van der Waals surface area contributed by atoms with Gasteiger partial charge in [0.15, 0.2) is 0 Å². The van der Waals surface area contributed by atoms with Crippen molar-refractivity contribution in [3.05, 3.63) is 17.8 Å². The predicted molar refractivity (Wildman–Crippen MR) is 69.1 cm³/mol. The maximum Gasteiger partial charge on any atom is 0.320 e. The summed E-state index contributed by atoms with van der Waals surface area (Å²) in [6.07, 6.45) is 1.86. The van der Waals surface area contributed by atoms with Crippen LogP contribution in [0.4, 0.5) is 11.7 Å². The van der Waals surface area contributed by atoms with Gasteiger partial charge >= 0.3 is 6.01 Å². The van der Waals surface area contributed by atoms with Crippen LogP contribution in [0.25, 0.3) is 0 Å². The summed E-state index contributed by atoms with van der Waals surface area (Å²) >= 11 is 0. The number of nitrogens with one attached hydrogen (secondary N) is 2. The first kappa shape index (κ1) is 13.5. The molecule has 0 atom stereocenters. The Morgan fingerprint density at radius 3 is 2.95 bits per heavy atom. The number of rotatable bonds is 7. The van der Waals surface area contributed by atoms with E-state index in [-0.39, 0.29) is 0 Å². The van der Waals surface area contributed by atoms with Gasteiger partial charge in [0.05, 0.1) is 24.5 Å². The molecular formula is C11H18N6O2. The van der Waals surface area contributed by atoms with E-state index in [1.807, 2.05) is 20.2 Å². The van der Waals surface area contributed by atoms with Gasteiger partial charge in [0.2, 0.25) is 5.89 Å². The number of aromatic nitrogens is 4. The minimum absolute atomic E-state index is 0.361. The quantitative estimate of drug-likeness (QED) is 0.709. The third kappa shape index (κ3) is 3.76. The van der Waals surface area contributed by atoms with Crippen molar-refractivity contribution < 1.29 is 9.15 Å². The summed E-state index contributed by atoms with van der Waals surface area (Å²) in [6.45, 7) is 3.81. The molecule has 19 heavy (non-hydrogen) atoms. The first-order valence-corrected chi connectivity index (χ1v) is 5.98. The van der Waals surface area contributed by atoms with Gasteiger partial charge in [-0.2, -0.15) is 5.10 Å². The van der Waals surface area contributed by atoms with Gasteiger partial charge in [-0.1, -0.05) is 5.10 Å². The van der Waals surface area contributed by atoms with Crippen molar-refractivity contribution in [1.82, 2.24) is 25.3 Å². The molecule has 2 N–H and O–H groups in total. The molecule has 0 amide bonds. The van der Waals surface area contributed by atoms with E-state index in [9.17, 15) is 0 Å². The summed E-state index contributed by atoms with van der Waals surface area (Å²) in [5.74, 6) is 0.528. The molecule has 0 spiro atoms. The van der Waals surface area contributed by atoms with Crippen LogP contribution < -0.4 is 10.6 Å². The van der Waals surface area contributed by atoms with Crippen LogP contribution in [0.1, 0.15) is 11.6 Å². The summed E-state index contributed by atoms with van der Waals surface area (Å²) in [7, 11) is 3.52. The second kappa shape index (κ2) is 6.30. The number of hydrogen-bond acceptors (Lipinski definition) is 7. The van der Waals surface area contributed by atoms with Crippen molar-refractivity contribution in [2.45, 2.75) is 13.5 Å². The standard InChI is InChI=1S/C11H18N6O2/c1-8-9(7-17(2)16-8)13-11-15-14-10(19-11)6-12-4-5-18-3/h7,12H,4-6H2,1-3H3,(H,13,15). The van der Waals surface area contributed by atoms with Crippen LogP contribution in [-0.2, 0) is 18.3 Å². The highest BCUT2D eigenvalue weighted by Crippen LogP contribution is 2.17. The number of anilines is 2. The Hall–Kier alpha value is -1.93. The van der Waals surface area contributed by atoms with Gasteiger partial charge in [0.1, 0.15) is 0 Å². The van der Waals surface area contributed by atoms with E-state index in [0.717, 1.165) is 17.9 Å². The molecule has 0 saturated carbocycles. The molecule has 0 fully saturated rings. The molecule has 0 aliphatic heterocycles. The van der Waals surface area contributed by atoms with Crippen LogP contribution in [0, 0.1) is 6.92 Å². The molecule has 0 radical (unpaired) electrons. The van der Waals surface area contributed by atoms with Gasteiger partial charge < -0.3 is 19.8 Å². The zero-order valence-corrected chi connectivity index (χ0v) is 11.3. The molecule has 2 aromatic rings. The number of methoxy groups -OCH3 is 1. The van der Waals surface area contributed by atoms with Crippen LogP contribution in [-0.4, -0.2) is 40.2 Å². The summed E-state index contributed by atoms with van der Waals surface area (Å²) in [5.41, 5.74) is 1.73. The van der Waals surface area contributed by atoms with E-state index in [4.69, 9.17) is 9.15 Å². The molecular weight excluding hydrogens is 248 g/mol. The molecule has 8 nitrogen and oxygen atoms in total. The lowest BCUT2D eigenvalue weighted by molar-refractivity contribution is 0.198. The second-order valence-electron chi connectivity index (χ2n) is 4.10. The van der Waals surface area contributed by atoms with E-state index < -0.39 is 0 Å². The lowest BCUT2D eigenvalue weighted by Gasteiger charge is -1.99. The molecule has 0 saturated heterocycles. The molecule has 0 aliphatic rings. The van der Waals surface area contributed by atoms with Gasteiger partial charge in [0.25, 0.3) is 0 Å². The van der Waals surface area contributed by atoms with Crippen LogP contribution in [0.15, 0.2) is 10.6 Å². The predicted octanol–water partition coefficient (Wildman–Crippen LogP) is 0.591. The Morgan fingerprint density at radius 1 is 1.42 bits per heavy atom. The van der Waals surface area contributed by atoms with Gasteiger partial charge in [-0.25, -0.2) is 0 Å². The Morgan fingerprint density at radius 2 is 2.26 bits per heavy atom. The van der Waals surface area contributed by atoms with Crippen molar-refractivity contribution in [3.63, 3.8) is 0 Å². The molecule has 104 valence electrons. The van der Waals surface area contributed by atoms with Gasteiger partial charge in [-0.15, -0.1) is 5.10 Å². The Balaban J connectivity index is 1.88. The maximum absolute atomic E-state index is 5.46. The number of hydrogen-bond donors (Lipinski definition) is 2. The zero-order chi connectivity index (χ0) is 13.7. The molecule has 0 aliphatic carbocycles. The van der Waals surface area contributed by atoms with E-state index in [1.54, 1.807) is 11.8 Å². The number of ether oxygens (including phenoxy) is 1. The van der Waals surface area contributed by atoms with Crippen LogP contribution >= 0.6 is 0 Å². The van der Waals surface area contributed by atoms with E-state index in [2.05, 4.69) is 25.9 Å². The topological polar surface area (TPSA) is 90.0 Å². The lowest BCUT2D eigenvalue weighted by Crippen LogP contribution is -2.18. The fourth-order valence-electron chi connectivity index (χ4n) is 1.58. The fourth-order valence-corrected chi connectivity index (χ4v) is 1.58.